The van der Waals surface area contributed by atoms with Crippen LogP contribution >= 0.6 is 0 Å². The fourth-order valence-corrected chi connectivity index (χ4v) is 3.34. The lowest BCUT2D eigenvalue weighted by atomic mass is 9.98. The summed E-state index contributed by atoms with van der Waals surface area (Å²) in [5.41, 5.74) is 0.483. The third-order valence-corrected chi connectivity index (χ3v) is 4.70. The molecule has 1 saturated heterocycles. The van der Waals surface area contributed by atoms with Crippen LogP contribution in [0.5, 0.6) is 5.75 Å². The van der Waals surface area contributed by atoms with E-state index in [4.69, 9.17) is 28.4 Å². The molecule has 0 spiro atoms. The van der Waals surface area contributed by atoms with Gasteiger partial charge in [0.2, 0.25) is 12.4 Å². The van der Waals surface area contributed by atoms with E-state index >= 15 is 0 Å². The van der Waals surface area contributed by atoms with E-state index in [1.54, 1.807) is 19.1 Å². The molecule has 0 amide bonds. The normalized spacial score (nSPS) is 23.9. The van der Waals surface area contributed by atoms with E-state index in [1.165, 1.54) is 19.1 Å². The van der Waals surface area contributed by atoms with Crippen molar-refractivity contribution in [1.82, 2.24) is 0 Å². The minimum Gasteiger partial charge on any atom is -0.463 e. The van der Waals surface area contributed by atoms with Gasteiger partial charge in [0.15, 0.2) is 18.0 Å². The highest BCUT2D eigenvalue weighted by molar-refractivity contribution is 5.95. The molecule has 11 heteroatoms. The Hall–Kier alpha value is -3.47. The van der Waals surface area contributed by atoms with Crippen LogP contribution in [0.3, 0.4) is 0 Å². The molecule has 1 heterocycles. The summed E-state index contributed by atoms with van der Waals surface area (Å²) in [4.78, 5) is 58.7. The van der Waals surface area contributed by atoms with Crippen LogP contribution in [0.15, 0.2) is 24.3 Å². The zero-order valence-corrected chi connectivity index (χ0v) is 19.6. The third-order valence-electron chi connectivity index (χ3n) is 4.70. The van der Waals surface area contributed by atoms with Crippen LogP contribution < -0.4 is 4.74 Å². The van der Waals surface area contributed by atoms with E-state index in [0.717, 1.165) is 20.8 Å². The molecule has 0 N–H and O–H groups in total. The first-order valence-corrected chi connectivity index (χ1v) is 10.6. The highest BCUT2D eigenvalue weighted by atomic mass is 16.7. The van der Waals surface area contributed by atoms with Gasteiger partial charge in [0.1, 0.15) is 18.5 Å². The van der Waals surface area contributed by atoms with Crippen LogP contribution in [0.2, 0.25) is 0 Å². The van der Waals surface area contributed by atoms with Crippen LogP contribution in [-0.4, -0.2) is 67.0 Å². The van der Waals surface area contributed by atoms with Gasteiger partial charge in [-0.2, -0.15) is 0 Å². The van der Waals surface area contributed by atoms with Crippen molar-refractivity contribution in [1.29, 1.82) is 0 Å². The van der Waals surface area contributed by atoms with Crippen LogP contribution in [0.4, 0.5) is 0 Å². The van der Waals surface area contributed by atoms with Gasteiger partial charge >= 0.3 is 23.9 Å². The molecule has 186 valence electrons. The zero-order valence-electron chi connectivity index (χ0n) is 19.6. The van der Waals surface area contributed by atoms with Gasteiger partial charge in [-0.25, -0.2) is 0 Å². The SMILES string of the molecule is CCC(=O)c1ccc(OC2OC(COC(C)=O)C(OC(C)=O)C(OC(C)=O)C2OC(C)=O)cc1. The molecular formula is C23H28O11. The quantitative estimate of drug-likeness (QED) is 0.290. The van der Waals surface area contributed by atoms with Crippen LogP contribution in [0, 0.1) is 0 Å². The van der Waals surface area contributed by atoms with Gasteiger partial charge < -0.3 is 28.4 Å². The first-order chi connectivity index (χ1) is 16.0. The lowest BCUT2D eigenvalue weighted by molar-refractivity contribution is -0.288. The maximum Gasteiger partial charge on any atom is 0.303 e. The maximum absolute atomic E-state index is 11.9. The van der Waals surface area contributed by atoms with Crippen molar-refractivity contribution in [2.45, 2.75) is 71.7 Å². The maximum atomic E-state index is 11.9. The minimum atomic E-state index is -1.34. The fraction of sp³-hybridized carbons (Fsp3) is 0.522. The predicted molar refractivity (Wildman–Crippen MR) is 114 cm³/mol. The second-order valence-electron chi connectivity index (χ2n) is 7.49. The smallest absolute Gasteiger partial charge is 0.303 e. The summed E-state index contributed by atoms with van der Waals surface area (Å²) < 4.78 is 32.7. The molecule has 1 fully saturated rings. The van der Waals surface area contributed by atoms with Crippen molar-refractivity contribution in [3.63, 3.8) is 0 Å². The number of esters is 4. The second kappa shape index (κ2) is 12.1. The van der Waals surface area contributed by atoms with E-state index in [1.807, 2.05) is 0 Å². The monoisotopic (exact) mass is 480 g/mol. The minimum absolute atomic E-state index is 0.0566. The summed E-state index contributed by atoms with van der Waals surface area (Å²) in [6.45, 7) is 5.97. The van der Waals surface area contributed by atoms with Crippen LogP contribution in [0.25, 0.3) is 0 Å². The summed E-state index contributed by atoms with van der Waals surface area (Å²) in [7, 11) is 0. The summed E-state index contributed by atoms with van der Waals surface area (Å²) >= 11 is 0. The van der Waals surface area contributed by atoms with Crippen molar-refractivity contribution in [2.75, 3.05) is 6.61 Å². The molecule has 1 aromatic carbocycles. The van der Waals surface area contributed by atoms with Crippen LogP contribution in [0.1, 0.15) is 51.4 Å². The molecule has 5 atom stereocenters. The molecule has 34 heavy (non-hydrogen) atoms. The fourth-order valence-electron chi connectivity index (χ4n) is 3.34. The molecule has 2 rings (SSSR count). The van der Waals surface area contributed by atoms with Gasteiger partial charge in [-0.1, -0.05) is 6.92 Å². The Bertz CT molecular complexity index is 908. The van der Waals surface area contributed by atoms with Gasteiger partial charge in [0.25, 0.3) is 0 Å². The Morgan fingerprint density at radius 2 is 1.29 bits per heavy atom. The van der Waals surface area contributed by atoms with Gasteiger partial charge in [-0.15, -0.1) is 0 Å². The summed E-state index contributed by atoms with van der Waals surface area (Å²) in [6.07, 6.45) is -6.06. The predicted octanol–water partition coefficient (Wildman–Crippen LogP) is 1.74. The van der Waals surface area contributed by atoms with Crippen molar-refractivity contribution >= 4 is 29.7 Å². The van der Waals surface area contributed by atoms with Crippen molar-refractivity contribution < 1.29 is 52.4 Å². The number of carbonyl (C=O) groups is 5. The lowest BCUT2D eigenvalue weighted by Gasteiger charge is -2.43. The van der Waals surface area contributed by atoms with E-state index in [-0.39, 0.29) is 18.1 Å². The number of Topliss-reactive ketones (excluding diaryl/α,β-unsaturated/α-hetero) is 1. The number of hydrogen-bond acceptors (Lipinski definition) is 11. The molecule has 0 aliphatic carbocycles. The standard InChI is InChI=1S/C23H28O11/c1-6-18(28)16-7-9-17(10-8-16)33-23-22(32-15(5)27)21(31-14(4)26)20(30-13(3)25)19(34-23)11-29-12(2)24/h7-10,19-23H,6,11H2,1-5H3. The van der Waals surface area contributed by atoms with Crippen molar-refractivity contribution in [3.05, 3.63) is 29.8 Å². The number of ketones is 1. The number of ether oxygens (including phenoxy) is 6. The third kappa shape index (κ3) is 7.55. The van der Waals surface area contributed by atoms with E-state index in [9.17, 15) is 24.0 Å². The first-order valence-electron chi connectivity index (χ1n) is 10.6. The Kier molecular flexibility index (Phi) is 9.55. The Labute approximate surface area is 196 Å². The van der Waals surface area contributed by atoms with Crippen molar-refractivity contribution in [3.8, 4) is 5.75 Å². The second-order valence-corrected chi connectivity index (χ2v) is 7.49. The Morgan fingerprint density at radius 1 is 0.765 bits per heavy atom. The van der Waals surface area contributed by atoms with E-state index < -0.39 is 54.6 Å². The zero-order chi connectivity index (χ0) is 25.4. The molecule has 1 aliphatic rings. The molecule has 0 saturated carbocycles. The summed E-state index contributed by atoms with van der Waals surface area (Å²) in [5, 5.41) is 0. The summed E-state index contributed by atoms with van der Waals surface area (Å²) in [5.74, 6) is -2.62. The van der Waals surface area contributed by atoms with Gasteiger partial charge in [0.05, 0.1) is 0 Å². The van der Waals surface area contributed by atoms with Gasteiger partial charge in [0, 0.05) is 39.7 Å². The average molecular weight is 480 g/mol. The molecule has 1 aromatic rings. The number of carbonyl (C=O) groups excluding carboxylic acids is 5. The average Bonchev–Trinajstić information content (AvgIpc) is 2.75. The van der Waals surface area contributed by atoms with Crippen molar-refractivity contribution in [2.24, 2.45) is 0 Å². The van der Waals surface area contributed by atoms with Gasteiger partial charge in [-0.3, -0.25) is 24.0 Å². The largest absolute Gasteiger partial charge is 0.463 e. The number of rotatable bonds is 9. The molecule has 5 unspecified atom stereocenters. The summed E-state index contributed by atoms with van der Waals surface area (Å²) in [6, 6.07) is 6.17. The lowest BCUT2D eigenvalue weighted by Crippen LogP contribution is -2.63. The Balaban J connectivity index is 2.42. The first kappa shape index (κ1) is 26.8. The molecule has 1 aliphatic heterocycles. The molecule has 0 radical (unpaired) electrons. The topological polar surface area (TPSA) is 141 Å². The highest BCUT2D eigenvalue weighted by Crippen LogP contribution is 2.31. The van der Waals surface area contributed by atoms with E-state index in [2.05, 4.69) is 0 Å². The molecular weight excluding hydrogens is 452 g/mol. The molecule has 0 bridgehead atoms. The van der Waals surface area contributed by atoms with E-state index in [0.29, 0.717) is 12.0 Å². The molecule has 11 nitrogen and oxygen atoms in total. The number of hydrogen-bond donors (Lipinski definition) is 0. The van der Waals surface area contributed by atoms with Crippen LogP contribution in [-0.2, 0) is 42.9 Å². The highest BCUT2D eigenvalue weighted by Gasteiger charge is 2.53. The molecule has 0 aromatic heterocycles. The Morgan fingerprint density at radius 3 is 1.79 bits per heavy atom. The number of benzene rings is 1. The van der Waals surface area contributed by atoms with Gasteiger partial charge in [-0.05, 0) is 24.3 Å².